The summed E-state index contributed by atoms with van der Waals surface area (Å²) in [5, 5.41) is 9.14. The number of benzene rings is 3. The average Bonchev–Trinajstić information content (AvgIpc) is 3.31. The van der Waals surface area contributed by atoms with Crippen molar-refractivity contribution in [3.8, 4) is 11.5 Å². The Morgan fingerprint density at radius 3 is 2.16 bits per heavy atom. The van der Waals surface area contributed by atoms with Crippen molar-refractivity contribution < 1.29 is 32.6 Å². The number of carboxylic acid groups (broad SMARTS) is 1. The summed E-state index contributed by atoms with van der Waals surface area (Å²) in [5.74, 6) is -1.63. The van der Waals surface area contributed by atoms with Gasteiger partial charge in [-0.15, -0.1) is 0 Å². The molecule has 0 saturated heterocycles. The number of rotatable bonds is 9. The van der Waals surface area contributed by atoms with Crippen molar-refractivity contribution in [1.29, 1.82) is 0 Å². The fraction of sp³-hybridized carbons (Fsp3) is 0.231. The molecule has 0 spiro atoms. The van der Waals surface area contributed by atoms with Crippen LogP contribution >= 0.6 is 0 Å². The molecule has 0 aliphatic carbocycles. The molecule has 2 N–H and O–H groups in total. The molecular weight excluding hydrogens is 549 g/mol. The minimum atomic E-state index is -4.10. The van der Waals surface area contributed by atoms with E-state index in [1.54, 1.807) is 42.5 Å². The number of carboxylic acids is 1. The van der Waals surface area contributed by atoms with E-state index in [9.17, 15) is 18.0 Å². The molecule has 3 aromatic carbocycles. The number of aromatic carboxylic acids is 1. The summed E-state index contributed by atoms with van der Waals surface area (Å²) in [4.78, 5) is 24.5. The first-order chi connectivity index (χ1) is 16.8. The second-order valence-electron chi connectivity index (χ2n) is 8.24. The van der Waals surface area contributed by atoms with Gasteiger partial charge in [-0.1, -0.05) is 43.7 Å². The van der Waals surface area contributed by atoms with Crippen molar-refractivity contribution in [3.05, 3.63) is 89.0 Å². The van der Waals surface area contributed by atoms with Crippen molar-refractivity contribution in [3.63, 3.8) is 0 Å². The molecule has 0 saturated carbocycles. The fourth-order valence-corrected chi connectivity index (χ4v) is 4.92. The zero-order valence-electron chi connectivity index (χ0n) is 19.1. The molecule has 186 valence electrons. The molecule has 0 fully saturated rings. The van der Waals surface area contributed by atoms with E-state index in [2.05, 4.69) is 4.72 Å². The predicted molar refractivity (Wildman–Crippen MR) is 142 cm³/mol. The third-order valence-electron chi connectivity index (χ3n) is 5.76. The van der Waals surface area contributed by atoms with Gasteiger partial charge in [-0.25, -0.2) is 17.9 Å². The maximum absolute atomic E-state index is 13.3. The molecule has 4 rings (SSSR count). The van der Waals surface area contributed by atoms with E-state index in [0.29, 0.717) is 22.6 Å². The van der Waals surface area contributed by atoms with Crippen LogP contribution in [0, 0.1) is 0 Å². The number of ether oxygens (including phenoxy) is 2. The first-order valence-electron chi connectivity index (χ1n) is 11.1. The predicted octanol–water partition coefficient (Wildman–Crippen LogP) is 2.60. The summed E-state index contributed by atoms with van der Waals surface area (Å²) in [6.45, 7) is 2.10. The minimum absolute atomic E-state index is 0. The SMILES string of the molecule is CCCc1ccc(S(=O)(=O)NC(=O)C(Cc2ccc(C(=O)O)cc2)c2ccc3c(c2)OCO3)cc1.[KH].[KH]. The zero-order chi connectivity index (χ0) is 25.0. The Morgan fingerprint density at radius 1 is 0.919 bits per heavy atom. The summed E-state index contributed by atoms with van der Waals surface area (Å²) in [5.41, 5.74) is 2.35. The number of fused-ring (bicyclic) bond motifs is 1. The molecule has 0 aromatic heterocycles. The number of carbonyl (C=O) groups excluding carboxylic acids is 1. The van der Waals surface area contributed by atoms with Crippen molar-refractivity contribution >= 4 is 125 Å². The van der Waals surface area contributed by atoms with Crippen LogP contribution in [0.4, 0.5) is 0 Å². The van der Waals surface area contributed by atoms with Gasteiger partial charge in [0.15, 0.2) is 11.5 Å². The van der Waals surface area contributed by atoms with Gasteiger partial charge < -0.3 is 14.6 Å². The van der Waals surface area contributed by atoms with Crippen molar-refractivity contribution in [2.45, 2.75) is 37.0 Å². The van der Waals surface area contributed by atoms with E-state index in [1.807, 2.05) is 6.92 Å². The summed E-state index contributed by atoms with van der Waals surface area (Å²) in [7, 11) is -4.10. The molecule has 37 heavy (non-hydrogen) atoms. The Bertz CT molecular complexity index is 1340. The van der Waals surface area contributed by atoms with Gasteiger partial charge >= 0.3 is 109 Å². The molecule has 1 aliphatic rings. The zero-order valence-corrected chi connectivity index (χ0v) is 19.9. The van der Waals surface area contributed by atoms with Crippen LogP contribution in [0.3, 0.4) is 0 Å². The number of hydrogen-bond donors (Lipinski definition) is 2. The Kier molecular flexibility index (Phi) is 13.0. The van der Waals surface area contributed by atoms with Gasteiger partial charge in [-0.2, -0.15) is 0 Å². The fourth-order valence-electron chi connectivity index (χ4n) is 3.90. The van der Waals surface area contributed by atoms with Crippen LogP contribution in [0.2, 0.25) is 0 Å². The van der Waals surface area contributed by atoms with Crippen LogP contribution in [0.15, 0.2) is 71.6 Å². The summed E-state index contributed by atoms with van der Waals surface area (Å²) in [6, 6.07) is 17.6. The van der Waals surface area contributed by atoms with Crippen LogP contribution in [-0.2, 0) is 27.7 Å². The van der Waals surface area contributed by atoms with Gasteiger partial charge in [-0.05, 0) is 65.9 Å². The monoisotopic (exact) mass is 575 g/mol. The standard InChI is InChI=1S/C26H25NO7S.2K.2H/c1-2-3-17-6-11-21(12-7-17)35(31,32)27-25(28)22(14-18-4-8-19(9-5-18)26(29)30)20-10-13-23-24(15-20)34-16-33-23;;;;/h4-13,15,22H,2-3,14,16H2,1H3,(H,27,28)(H,29,30);;;;. The van der Waals surface area contributed by atoms with E-state index in [1.165, 1.54) is 24.3 Å². The van der Waals surface area contributed by atoms with Gasteiger partial charge in [0.1, 0.15) is 0 Å². The Balaban J connectivity index is 0.00000241. The topological polar surface area (TPSA) is 119 Å². The molecule has 1 amide bonds. The number of amides is 1. The van der Waals surface area contributed by atoms with Gasteiger partial charge in [0, 0.05) is 0 Å². The van der Waals surface area contributed by atoms with Crippen molar-refractivity contribution in [2.24, 2.45) is 0 Å². The third kappa shape index (κ3) is 8.45. The van der Waals surface area contributed by atoms with Crippen LogP contribution in [0.25, 0.3) is 0 Å². The quantitative estimate of drug-likeness (QED) is 0.377. The Morgan fingerprint density at radius 2 is 1.54 bits per heavy atom. The molecule has 0 radical (unpaired) electrons. The number of hydrogen-bond acceptors (Lipinski definition) is 6. The van der Waals surface area contributed by atoms with Gasteiger partial charge in [0.05, 0.1) is 16.4 Å². The first kappa shape index (κ1) is 32.6. The second kappa shape index (κ2) is 14.7. The molecule has 1 unspecified atom stereocenters. The van der Waals surface area contributed by atoms with Crippen molar-refractivity contribution in [1.82, 2.24) is 4.72 Å². The average molecular weight is 576 g/mol. The Hall–Kier alpha value is -0.577. The van der Waals surface area contributed by atoms with E-state index in [4.69, 9.17) is 14.6 Å². The van der Waals surface area contributed by atoms with Gasteiger partial charge in [0.25, 0.3) is 10.0 Å². The summed E-state index contributed by atoms with van der Waals surface area (Å²) in [6.07, 6.45) is 1.92. The molecule has 11 heteroatoms. The summed E-state index contributed by atoms with van der Waals surface area (Å²) >= 11 is 0. The normalized spacial score (nSPS) is 12.6. The maximum atomic E-state index is 13.3. The summed E-state index contributed by atoms with van der Waals surface area (Å²) < 4.78 is 38.9. The van der Waals surface area contributed by atoms with Crippen molar-refractivity contribution in [2.75, 3.05) is 6.79 Å². The molecular formula is C26H27K2NO7S. The molecule has 1 heterocycles. The first-order valence-corrected chi connectivity index (χ1v) is 12.6. The van der Waals surface area contributed by atoms with Crippen LogP contribution in [-0.4, -0.2) is 135 Å². The second-order valence-corrected chi connectivity index (χ2v) is 9.92. The molecule has 8 nitrogen and oxygen atoms in total. The van der Waals surface area contributed by atoms with Gasteiger partial charge in [-0.3, -0.25) is 4.79 Å². The van der Waals surface area contributed by atoms with Crippen LogP contribution in [0.1, 0.15) is 46.3 Å². The number of nitrogens with one attached hydrogen (secondary N) is 1. The van der Waals surface area contributed by atoms with Crippen LogP contribution < -0.4 is 14.2 Å². The number of sulfonamides is 1. The Labute approximate surface area is 301 Å². The molecule has 1 atom stereocenters. The van der Waals surface area contributed by atoms with E-state index < -0.39 is 27.8 Å². The molecule has 3 aromatic rings. The van der Waals surface area contributed by atoms with Gasteiger partial charge in [0.2, 0.25) is 12.7 Å². The third-order valence-corrected chi connectivity index (χ3v) is 7.13. The van der Waals surface area contributed by atoms with E-state index in [-0.39, 0.29) is 126 Å². The van der Waals surface area contributed by atoms with Crippen LogP contribution in [0.5, 0.6) is 11.5 Å². The molecule has 1 aliphatic heterocycles. The number of carbonyl (C=O) groups is 2. The number of aryl methyl sites for hydroxylation is 1. The van der Waals surface area contributed by atoms with E-state index in [0.717, 1.165) is 18.4 Å². The van der Waals surface area contributed by atoms with E-state index >= 15 is 0 Å². The molecule has 0 bridgehead atoms.